The van der Waals surface area contributed by atoms with Gasteiger partial charge < -0.3 is 15.8 Å². The highest BCUT2D eigenvalue weighted by atomic mass is 16.5. The highest BCUT2D eigenvalue weighted by molar-refractivity contribution is 4.63. The molecule has 0 amide bonds. The Morgan fingerprint density at radius 1 is 1.00 bits per heavy atom. The second-order valence-corrected chi connectivity index (χ2v) is 3.76. The Hall–Kier alpha value is -0.120. The summed E-state index contributed by atoms with van der Waals surface area (Å²) in [4.78, 5) is 0. The number of hydrogen-bond acceptors (Lipinski definition) is 3. The lowest BCUT2D eigenvalue weighted by atomic mass is 10.1. The van der Waals surface area contributed by atoms with Crippen LogP contribution in [0.3, 0.4) is 0 Å². The Bertz CT molecular complexity index is 98.7. The van der Waals surface area contributed by atoms with Crippen LogP contribution >= 0.6 is 0 Å². The lowest BCUT2D eigenvalue weighted by Gasteiger charge is -2.16. The van der Waals surface area contributed by atoms with Gasteiger partial charge in [0.25, 0.3) is 0 Å². The van der Waals surface area contributed by atoms with Crippen molar-refractivity contribution in [2.75, 3.05) is 26.3 Å². The highest BCUT2D eigenvalue weighted by Gasteiger charge is 2.06. The van der Waals surface area contributed by atoms with Crippen LogP contribution in [0.4, 0.5) is 0 Å². The average Bonchev–Trinajstić information content (AvgIpc) is 2.36. The maximum atomic E-state index is 5.55. The third kappa shape index (κ3) is 10.2. The third-order valence-corrected chi connectivity index (χ3v) is 2.47. The van der Waals surface area contributed by atoms with Crippen LogP contribution in [0, 0.1) is 0 Å². The second kappa shape index (κ2) is 12.0. The molecule has 2 aliphatic heterocycles. The summed E-state index contributed by atoms with van der Waals surface area (Å²) in [7, 11) is 0. The molecule has 0 radical (unpaired) electrons. The zero-order valence-corrected chi connectivity index (χ0v) is 10.4. The van der Waals surface area contributed by atoms with Crippen LogP contribution in [0.2, 0.25) is 0 Å². The molecule has 0 saturated carbocycles. The summed E-state index contributed by atoms with van der Waals surface area (Å²) in [6.07, 6.45) is 6.30. The molecule has 2 rings (SSSR count). The number of nitrogens with one attached hydrogen (secondary N) is 1. The first-order chi connectivity index (χ1) is 7.39. The molecule has 0 aromatic carbocycles. The van der Waals surface area contributed by atoms with E-state index in [0.717, 1.165) is 26.1 Å². The second-order valence-electron chi connectivity index (χ2n) is 3.76. The predicted molar refractivity (Wildman–Crippen MR) is 66.1 cm³/mol. The maximum absolute atomic E-state index is 5.55. The molecule has 92 valence electrons. The molecular weight excluding hydrogens is 188 g/mol. The van der Waals surface area contributed by atoms with E-state index in [1.165, 1.54) is 32.4 Å². The molecule has 2 aliphatic rings. The van der Waals surface area contributed by atoms with E-state index in [1.54, 1.807) is 0 Å². The van der Waals surface area contributed by atoms with Crippen LogP contribution in [-0.4, -0.2) is 32.3 Å². The van der Waals surface area contributed by atoms with E-state index in [2.05, 4.69) is 5.32 Å². The van der Waals surface area contributed by atoms with Crippen molar-refractivity contribution in [1.82, 2.24) is 5.32 Å². The van der Waals surface area contributed by atoms with Gasteiger partial charge in [-0.1, -0.05) is 20.3 Å². The largest absolute Gasteiger partial charge is 0.381 e. The van der Waals surface area contributed by atoms with Crippen LogP contribution in [0.5, 0.6) is 0 Å². The van der Waals surface area contributed by atoms with Crippen LogP contribution in [-0.2, 0) is 4.74 Å². The summed E-state index contributed by atoms with van der Waals surface area (Å²) in [5.41, 5.74) is 5.55. The maximum Gasteiger partial charge on any atom is 0.0480 e. The quantitative estimate of drug-likeness (QED) is 0.650. The van der Waals surface area contributed by atoms with Gasteiger partial charge in [-0.05, 0) is 38.8 Å². The van der Waals surface area contributed by atoms with E-state index in [4.69, 9.17) is 10.5 Å². The monoisotopic (exact) mass is 216 g/mol. The van der Waals surface area contributed by atoms with Crippen molar-refractivity contribution >= 4 is 0 Å². The Kier molecular flexibility index (Phi) is 11.9. The Morgan fingerprint density at radius 3 is 1.73 bits per heavy atom. The first-order valence-electron chi connectivity index (χ1n) is 6.43. The number of rotatable bonds is 0. The molecule has 2 saturated heterocycles. The Balaban J connectivity index is 0.000000227. The summed E-state index contributed by atoms with van der Waals surface area (Å²) in [6, 6.07) is 0.411. The molecule has 0 aromatic rings. The minimum absolute atomic E-state index is 0.411. The normalized spacial score (nSPS) is 21.8. The summed E-state index contributed by atoms with van der Waals surface area (Å²) in [5, 5.41) is 3.28. The van der Waals surface area contributed by atoms with E-state index < -0.39 is 0 Å². The zero-order valence-electron chi connectivity index (χ0n) is 10.4. The number of ether oxygens (including phenoxy) is 1. The molecule has 3 nitrogen and oxygen atoms in total. The minimum Gasteiger partial charge on any atom is -0.381 e. The van der Waals surface area contributed by atoms with Crippen molar-refractivity contribution in [2.24, 2.45) is 5.73 Å². The van der Waals surface area contributed by atoms with E-state index in [-0.39, 0.29) is 0 Å². The molecule has 2 fully saturated rings. The zero-order chi connectivity index (χ0) is 11.4. The van der Waals surface area contributed by atoms with Gasteiger partial charge in [0, 0.05) is 19.3 Å². The lowest BCUT2D eigenvalue weighted by molar-refractivity contribution is 0.0866. The molecule has 0 aromatic heterocycles. The topological polar surface area (TPSA) is 47.3 Å². The predicted octanol–water partition coefficient (Wildman–Crippen LogP) is 1.91. The average molecular weight is 216 g/mol. The van der Waals surface area contributed by atoms with Crippen LogP contribution < -0.4 is 11.1 Å². The molecule has 0 atom stereocenters. The molecular formula is C12H28N2O. The van der Waals surface area contributed by atoms with Crippen molar-refractivity contribution < 1.29 is 4.74 Å². The highest BCUT2D eigenvalue weighted by Crippen LogP contribution is 2.01. The Morgan fingerprint density at radius 2 is 1.53 bits per heavy atom. The summed E-state index contributed by atoms with van der Waals surface area (Å²) in [6.45, 7) is 8.22. The number of piperidine rings is 1. The first-order valence-corrected chi connectivity index (χ1v) is 6.43. The van der Waals surface area contributed by atoms with Gasteiger partial charge in [0.1, 0.15) is 0 Å². The minimum atomic E-state index is 0.411. The van der Waals surface area contributed by atoms with Crippen molar-refractivity contribution in [2.45, 2.75) is 52.0 Å². The van der Waals surface area contributed by atoms with Crippen molar-refractivity contribution in [3.05, 3.63) is 0 Å². The van der Waals surface area contributed by atoms with Gasteiger partial charge in [0.2, 0.25) is 0 Å². The summed E-state index contributed by atoms with van der Waals surface area (Å²) < 4.78 is 5.06. The fourth-order valence-corrected chi connectivity index (χ4v) is 1.52. The van der Waals surface area contributed by atoms with Gasteiger partial charge in [-0.15, -0.1) is 0 Å². The molecule has 2 heterocycles. The van der Waals surface area contributed by atoms with Gasteiger partial charge in [-0.3, -0.25) is 0 Å². The van der Waals surface area contributed by atoms with E-state index in [1.807, 2.05) is 13.8 Å². The smallest absolute Gasteiger partial charge is 0.0480 e. The standard InChI is InChI=1S/C5H11NO.C5H11N.C2H6/c6-5-1-3-7-4-2-5;1-2-4-6-5-3-1;1-2/h5H,1-4,6H2;6H,1-5H2;1-2H3. The Labute approximate surface area is 94.8 Å². The molecule has 3 heteroatoms. The van der Waals surface area contributed by atoms with E-state index in [0.29, 0.717) is 6.04 Å². The molecule has 3 N–H and O–H groups in total. The van der Waals surface area contributed by atoms with E-state index in [9.17, 15) is 0 Å². The van der Waals surface area contributed by atoms with Gasteiger partial charge in [0.05, 0.1) is 0 Å². The SMILES string of the molecule is C1CCNCC1.CC.NC1CCOCC1. The first kappa shape index (κ1) is 14.9. The van der Waals surface area contributed by atoms with Crippen LogP contribution in [0.25, 0.3) is 0 Å². The number of nitrogens with two attached hydrogens (primary N) is 1. The lowest BCUT2D eigenvalue weighted by Crippen LogP contribution is -2.28. The van der Waals surface area contributed by atoms with Gasteiger partial charge in [-0.2, -0.15) is 0 Å². The fraction of sp³-hybridized carbons (Fsp3) is 1.00. The molecule has 0 unspecified atom stereocenters. The van der Waals surface area contributed by atoms with Gasteiger partial charge in [-0.25, -0.2) is 0 Å². The van der Waals surface area contributed by atoms with Gasteiger partial charge >= 0.3 is 0 Å². The van der Waals surface area contributed by atoms with Gasteiger partial charge in [0.15, 0.2) is 0 Å². The fourth-order valence-electron chi connectivity index (χ4n) is 1.52. The molecule has 0 spiro atoms. The summed E-state index contributed by atoms with van der Waals surface area (Å²) >= 11 is 0. The van der Waals surface area contributed by atoms with Crippen molar-refractivity contribution in [3.63, 3.8) is 0 Å². The molecule has 15 heavy (non-hydrogen) atoms. The van der Waals surface area contributed by atoms with Crippen molar-refractivity contribution in [3.8, 4) is 0 Å². The van der Waals surface area contributed by atoms with Crippen LogP contribution in [0.1, 0.15) is 46.0 Å². The third-order valence-electron chi connectivity index (χ3n) is 2.47. The van der Waals surface area contributed by atoms with Crippen LogP contribution in [0.15, 0.2) is 0 Å². The molecule has 0 aliphatic carbocycles. The van der Waals surface area contributed by atoms with E-state index >= 15 is 0 Å². The number of hydrogen-bond donors (Lipinski definition) is 2. The summed E-state index contributed by atoms with van der Waals surface area (Å²) in [5.74, 6) is 0. The molecule has 0 bridgehead atoms. The van der Waals surface area contributed by atoms with Crippen molar-refractivity contribution in [1.29, 1.82) is 0 Å².